The van der Waals surface area contributed by atoms with Gasteiger partial charge in [-0.05, 0) is 18.9 Å². The van der Waals surface area contributed by atoms with E-state index in [1.807, 2.05) is 0 Å². The molecular weight excluding hydrogens is 184 g/mol. The van der Waals surface area contributed by atoms with Crippen LogP contribution in [0.4, 0.5) is 0 Å². The summed E-state index contributed by atoms with van der Waals surface area (Å²) in [5.74, 6) is -0.838. The zero-order valence-corrected chi connectivity index (χ0v) is 7.73. The second-order valence-corrected chi connectivity index (χ2v) is 3.49. The average Bonchev–Trinajstić information content (AvgIpc) is 2.91. The minimum absolute atomic E-state index is 0.190. The van der Waals surface area contributed by atoms with Crippen molar-refractivity contribution < 1.29 is 9.90 Å². The summed E-state index contributed by atoms with van der Waals surface area (Å²) in [7, 11) is 1.47. The molecule has 0 atom stereocenters. The molecule has 1 aliphatic rings. The van der Waals surface area contributed by atoms with Crippen molar-refractivity contribution in [3.63, 3.8) is 0 Å². The first-order valence-electron chi connectivity index (χ1n) is 4.41. The van der Waals surface area contributed by atoms with Gasteiger partial charge < -0.3 is 5.11 Å². The van der Waals surface area contributed by atoms with E-state index in [0.29, 0.717) is 11.6 Å². The molecule has 1 fully saturated rings. The Kier molecular flexibility index (Phi) is 1.87. The molecule has 0 bridgehead atoms. The zero-order chi connectivity index (χ0) is 10.3. The normalized spacial score (nSPS) is 15.5. The van der Waals surface area contributed by atoms with Crippen molar-refractivity contribution in [1.82, 2.24) is 9.78 Å². The Morgan fingerprint density at radius 2 is 2.29 bits per heavy atom. The highest BCUT2D eigenvalue weighted by molar-refractivity contribution is 5.87. The number of aromatic carboxylic acids is 1. The van der Waals surface area contributed by atoms with Crippen LogP contribution in [0.1, 0.15) is 34.8 Å². The second-order valence-electron chi connectivity index (χ2n) is 3.49. The van der Waals surface area contributed by atoms with E-state index < -0.39 is 11.5 Å². The summed E-state index contributed by atoms with van der Waals surface area (Å²) < 4.78 is 1.09. The van der Waals surface area contributed by atoms with Gasteiger partial charge in [0.2, 0.25) is 0 Å². The van der Waals surface area contributed by atoms with Crippen molar-refractivity contribution in [2.45, 2.75) is 18.8 Å². The molecule has 2 rings (SSSR count). The van der Waals surface area contributed by atoms with Crippen LogP contribution in [0.5, 0.6) is 0 Å². The SMILES string of the molecule is Cn1nc(C2CC2)cc(C(=O)O)c1=O. The first kappa shape index (κ1) is 8.93. The van der Waals surface area contributed by atoms with E-state index in [0.717, 1.165) is 17.5 Å². The number of aryl methyl sites for hydroxylation is 1. The topological polar surface area (TPSA) is 72.2 Å². The van der Waals surface area contributed by atoms with Gasteiger partial charge in [-0.25, -0.2) is 9.48 Å². The zero-order valence-electron chi connectivity index (χ0n) is 7.73. The minimum Gasteiger partial charge on any atom is -0.477 e. The Labute approximate surface area is 80.0 Å². The molecule has 1 N–H and O–H groups in total. The van der Waals surface area contributed by atoms with Crippen LogP contribution in [0, 0.1) is 0 Å². The highest BCUT2D eigenvalue weighted by atomic mass is 16.4. The van der Waals surface area contributed by atoms with Gasteiger partial charge >= 0.3 is 5.97 Å². The predicted octanol–water partition coefficient (Wildman–Crippen LogP) is 0.356. The van der Waals surface area contributed by atoms with Gasteiger partial charge in [0.25, 0.3) is 5.56 Å². The molecule has 0 aliphatic heterocycles. The van der Waals surface area contributed by atoms with Crippen LogP contribution < -0.4 is 5.56 Å². The number of hydrogen-bond donors (Lipinski definition) is 1. The predicted molar refractivity (Wildman–Crippen MR) is 48.4 cm³/mol. The Morgan fingerprint density at radius 1 is 1.64 bits per heavy atom. The van der Waals surface area contributed by atoms with Crippen molar-refractivity contribution in [3.8, 4) is 0 Å². The van der Waals surface area contributed by atoms with Gasteiger partial charge in [0.1, 0.15) is 5.56 Å². The third kappa shape index (κ3) is 1.41. The van der Waals surface area contributed by atoms with E-state index >= 15 is 0 Å². The number of aromatic nitrogens is 2. The molecule has 5 heteroatoms. The molecule has 1 aromatic heterocycles. The van der Waals surface area contributed by atoms with Gasteiger partial charge in [0, 0.05) is 13.0 Å². The number of nitrogens with zero attached hydrogens (tertiary/aromatic N) is 2. The van der Waals surface area contributed by atoms with Crippen molar-refractivity contribution >= 4 is 5.97 Å². The van der Waals surface area contributed by atoms with Crippen LogP contribution in [0.15, 0.2) is 10.9 Å². The van der Waals surface area contributed by atoms with Gasteiger partial charge in [-0.3, -0.25) is 4.79 Å². The molecule has 0 spiro atoms. The lowest BCUT2D eigenvalue weighted by molar-refractivity contribution is 0.0693. The smallest absolute Gasteiger partial charge is 0.341 e. The maximum Gasteiger partial charge on any atom is 0.341 e. The van der Waals surface area contributed by atoms with E-state index in [4.69, 9.17) is 5.11 Å². The molecule has 1 saturated carbocycles. The largest absolute Gasteiger partial charge is 0.477 e. The Morgan fingerprint density at radius 3 is 2.79 bits per heavy atom. The van der Waals surface area contributed by atoms with Crippen LogP contribution in [0.3, 0.4) is 0 Å². The van der Waals surface area contributed by atoms with E-state index in [-0.39, 0.29) is 5.56 Å². The number of carbonyl (C=O) groups is 1. The maximum absolute atomic E-state index is 11.3. The lowest BCUT2D eigenvalue weighted by atomic mass is 10.2. The lowest BCUT2D eigenvalue weighted by Crippen LogP contribution is -2.27. The fraction of sp³-hybridized carbons (Fsp3) is 0.444. The lowest BCUT2D eigenvalue weighted by Gasteiger charge is -2.02. The monoisotopic (exact) mass is 194 g/mol. The van der Waals surface area contributed by atoms with Gasteiger partial charge in [0.15, 0.2) is 0 Å². The average molecular weight is 194 g/mol. The second kappa shape index (κ2) is 2.94. The maximum atomic E-state index is 11.3. The molecule has 14 heavy (non-hydrogen) atoms. The summed E-state index contributed by atoms with van der Waals surface area (Å²) in [5.41, 5.74) is -0.0317. The van der Waals surface area contributed by atoms with Crippen molar-refractivity contribution in [2.75, 3.05) is 0 Å². The van der Waals surface area contributed by atoms with Crippen LogP contribution in [-0.4, -0.2) is 20.9 Å². The van der Waals surface area contributed by atoms with Crippen LogP contribution >= 0.6 is 0 Å². The number of rotatable bonds is 2. The molecule has 1 aromatic rings. The summed E-state index contributed by atoms with van der Waals surface area (Å²) >= 11 is 0. The highest BCUT2D eigenvalue weighted by Crippen LogP contribution is 2.38. The van der Waals surface area contributed by atoms with Crippen LogP contribution in [0.2, 0.25) is 0 Å². The molecule has 1 heterocycles. The quantitative estimate of drug-likeness (QED) is 0.737. The van der Waals surface area contributed by atoms with E-state index in [9.17, 15) is 9.59 Å². The summed E-state index contributed by atoms with van der Waals surface area (Å²) in [6.45, 7) is 0. The Bertz CT molecular complexity index is 446. The molecule has 1 aliphatic carbocycles. The van der Waals surface area contributed by atoms with E-state index in [2.05, 4.69) is 5.10 Å². The molecular formula is C9H10N2O3. The molecule has 0 amide bonds. The molecule has 0 saturated heterocycles. The summed E-state index contributed by atoms with van der Waals surface area (Å²) in [6.07, 6.45) is 2.06. The molecule has 0 aromatic carbocycles. The Balaban J connectivity index is 2.57. The number of carboxylic acid groups (broad SMARTS) is 1. The fourth-order valence-electron chi connectivity index (χ4n) is 1.36. The van der Waals surface area contributed by atoms with Crippen molar-refractivity contribution in [2.24, 2.45) is 7.05 Å². The molecule has 74 valence electrons. The fourth-order valence-corrected chi connectivity index (χ4v) is 1.36. The first-order valence-corrected chi connectivity index (χ1v) is 4.41. The molecule has 0 radical (unpaired) electrons. The van der Waals surface area contributed by atoms with Gasteiger partial charge in [0.05, 0.1) is 5.69 Å². The van der Waals surface area contributed by atoms with Crippen molar-refractivity contribution in [1.29, 1.82) is 0 Å². The number of carboxylic acids is 1. The molecule has 5 nitrogen and oxygen atoms in total. The summed E-state index contributed by atoms with van der Waals surface area (Å²) in [5, 5.41) is 12.8. The standard InChI is InChI=1S/C9H10N2O3/c1-11-8(12)6(9(13)14)4-7(10-11)5-2-3-5/h4-5H,2-3H2,1H3,(H,13,14). The van der Waals surface area contributed by atoms with Gasteiger partial charge in [-0.1, -0.05) is 0 Å². The molecule has 0 unspecified atom stereocenters. The van der Waals surface area contributed by atoms with Crippen molar-refractivity contribution in [3.05, 3.63) is 27.7 Å². The highest BCUT2D eigenvalue weighted by Gasteiger charge is 2.27. The Hall–Kier alpha value is -1.65. The van der Waals surface area contributed by atoms with E-state index in [1.165, 1.54) is 13.1 Å². The van der Waals surface area contributed by atoms with Crippen LogP contribution in [0.25, 0.3) is 0 Å². The number of hydrogen-bond acceptors (Lipinski definition) is 3. The summed E-state index contributed by atoms with van der Waals surface area (Å²) in [6, 6.07) is 1.39. The third-order valence-corrected chi connectivity index (χ3v) is 2.31. The van der Waals surface area contributed by atoms with Crippen LogP contribution in [-0.2, 0) is 7.05 Å². The van der Waals surface area contributed by atoms with Gasteiger partial charge in [-0.2, -0.15) is 5.10 Å². The summed E-state index contributed by atoms with van der Waals surface area (Å²) in [4.78, 5) is 22.1. The van der Waals surface area contributed by atoms with E-state index in [1.54, 1.807) is 0 Å². The minimum atomic E-state index is -1.19. The van der Waals surface area contributed by atoms with Gasteiger partial charge in [-0.15, -0.1) is 0 Å². The first-order chi connectivity index (χ1) is 6.59. The third-order valence-electron chi connectivity index (χ3n) is 2.31.